The highest BCUT2D eigenvalue weighted by molar-refractivity contribution is 7.99. The lowest BCUT2D eigenvalue weighted by atomic mass is 10.2. The van der Waals surface area contributed by atoms with Crippen LogP contribution in [-0.4, -0.2) is 42.5 Å². The third kappa shape index (κ3) is 6.61. The molecule has 0 spiro atoms. The van der Waals surface area contributed by atoms with Crippen LogP contribution in [0.2, 0.25) is 0 Å². The van der Waals surface area contributed by atoms with Gasteiger partial charge >= 0.3 is 5.97 Å². The summed E-state index contributed by atoms with van der Waals surface area (Å²) in [6.07, 6.45) is 0.234. The summed E-state index contributed by atoms with van der Waals surface area (Å²) in [7, 11) is 1.48. The summed E-state index contributed by atoms with van der Waals surface area (Å²) in [5.41, 5.74) is 1.60. The topological polar surface area (TPSA) is 99.4 Å². The van der Waals surface area contributed by atoms with E-state index in [1.54, 1.807) is 12.1 Å². The van der Waals surface area contributed by atoms with Gasteiger partial charge in [-0.1, -0.05) is 12.1 Å². The van der Waals surface area contributed by atoms with Crippen molar-refractivity contribution in [2.24, 2.45) is 0 Å². The van der Waals surface area contributed by atoms with Gasteiger partial charge in [0.2, 0.25) is 5.91 Å². The normalized spacial score (nSPS) is 11.5. The van der Waals surface area contributed by atoms with Gasteiger partial charge in [-0.05, 0) is 17.7 Å². The van der Waals surface area contributed by atoms with Crippen LogP contribution in [-0.2, 0) is 20.1 Å². The summed E-state index contributed by atoms with van der Waals surface area (Å²) in [6, 6.07) is 8.23. The predicted octanol–water partition coefficient (Wildman–Crippen LogP) is 1.40. The van der Waals surface area contributed by atoms with Gasteiger partial charge in [-0.2, -0.15) is 5.26 Å². The van der Waals surface area contributed by atoms with E-state index in [2.05, 4.69) is 5.32 Å². The van der Waals surface area contributed by atoms with Crippen molar-refractivity contribution in [3.8, 4) is 6.07 Å². The Hall–Kier alpha value is -2.04. The number of carbonyl (C=O) groups excluding carboxylic acids is 1. The second-order valence-electron chi connectivity index (χ2n) is 4.54. The molecule has 1 aromatic carbocycles. The number of nitriles is 1. The minimum Gasteiger partial charge on any atom is -0.480 e. The van der Waals surface area contributed by atoms with Crippen LogP contribution in [0.1, 0.15) is 17.5 Å². The van der Waals surface area contributed by atoms with Gasteiger partial charge in [-0.25, -0.2) is 4.79 Å². The number of carboxylic acid groups (broad SMARTS) is 1. The number of hydrogen-bond acceptors (Lipinski definition) is 5. The van der Waals surface area contributed by atoms with Gasteiger partial charge in [0.25, 0.3) is 0 Å². The molecule has 7 heteroatoms. The molecule has 0 aliphatic carbocycles. The molecule has 0 fully saturated rings. The van der Waals surface area contributed by atoms with Crippen molar-refractivity contribution in [2.75, 3.05) is 19.5 Å². The Balaban J connectivity index is 2.35. The average Bonchev–Trinajstić information content (AvgIpc) is 2.51. The van der Waals surface area contributed by atoms with Crippen molar-refractivity contribution >= 4 is 23.6 Å². The van der Waals surface area contributed by atoms with E-state index < -0.39 is 12.0 Å². The molecule has 1 unspecified atom stereocenters. The Bertz CT molecular complexity index is 539. The SMILES string of the molecule is COCCC(NC(=O)CSCc1ccc(C#N)cc1)C(=O)O. The molecule has 6 nitrogen and oxygen atoms in total. The van der Waals surface area contributed by atoms with E-state index >= 15 is 0 Å². The Morgan fingerprint density at radius 1 is 1.41 bits per heavy atom. The zero-order chi connectivity index (χ0) is 16.4. The maximum Gasteiger partial charge on any atom is 0.326 e. The van der Waals surface area contributed by atoms with Crippen molar-refractivity contribution in [3.63, 3.8) is 0 Å². The number of aliphatic carboxylic acids is 1. The smallest absolute Gasteiger partial charge is 0.326 e. The van der Waals surface area contributed by atoms with Crippen molar-refractivity contribution in [3.05, 3.63) is 35.4 Å². The highest BCUT2D eigenvalue weighted by Crippen LogP contribution is 2.12. The molecule has 118 valence electrons. The monoisotopic (exact) mass is 322 g/mol. The Morgan fingerprint density at radius 2 is 2.09 bits per heavy atom. The molecule has 0 radical (unpaired) electrons. The Kier molecular flexibility index (Phi) is 8.04. The first-order valence-corrected chi connectivity index (χ1v) is 7.80. The van der Waals surface area contributed by atoms with Gasteiger partial charge in [0.1, 0.15) is 6.04 Å². The minimum atomic E-state index is -1.07. The predicted molar refractivity (Wildman–Crippen MR) is 83.4 cm³/mol. The molecule has 0 aromatic heterocycles. The van der Waals surface area contributed by atoms with Crippen LogP contribution in [0.4, 0.5) is 0 Å². The van der Waals surface area contributed by atoms with Crippen molar-refractivity contribution in [2.45, 2.75) is 18.2 Å². The van der Waals surface area contributed by atoms with Crippen LogP contribution < -0.4 is 5.32 Å². The van der Waals surface area contributed by atoms with Gasteiger partial charge in [-0.3, -0.25) is 4.79 Å². The van der Waals surface area contributed by atoms with Gasteiger partial charge in [0, 0.05) is 25.9 Å². The second kappa shape index (κ2) is 9.82. The van der Waals surface area contributed by atoms with Gasteiger partial charge in [-0.15, -0.1) is 11.8 Å². The average molecular weight is 322 g/mol. The van der Waals surface area contributed by atoms with Gasteiger partial charge in [0.15, 0.2) is 0 Å². The number of nitrogens with one attached hydrogen (secondary N) is 1. The molecular weight excluding hydrogens is 304 g/mol. The lowest BCUT2D eigenvalue weighted by Gasteiger charge is -2.13. The van der Waals surface area contributed by atoms with E-state index in [0.29, 0.717) is 11.3 Å². The van der Waals surface area contributed by atoms with Gasteiger partial charge < -0.3 is 15.2 Å². The van der Waals surface area contributed by atoms with Crippen LogP contribution in [0.15, 0.2) is 24.3 Å². The number of methoxy groups -OCH3 is 1. The molecule has 0 bridgehead atoms. The van der Waals surface area contributed by atoms with E-state index in [1.165, 1.54) is 18.9 Å². The molecule has 0 saturated carbocycles. The number of rotatable bonds is 9. The fourth-order valence-electron chi connectivity index (χ4n) is 1.67. The molecule has 1 amide bonds. The molecule has 22 heavy (non-hydrogen) atoms. The first-order chi connectivity index (χ1) is 10.6. The number of carboxylic acids is 1. The number of hydrogen-bond donors (Lipinski definition) is 2. The molecule has 0 saturated heterocycles. The highest BCUT2D eigenvalue weighted by Gasteiger charge is 2.19. The maximum atomic E-state index is 11.7. The zero-order valence-corrected chi connectivity index (χ0v) is 13.1. The van der Waals surface area contributed by atoms with E-state index in [4.69, 9.17) is 15.1 Å². The lowest BCUT2D eigenvalue weighted by molar-refractivity contribution is -0.142. The van der Waals surface area contributed by atoms with E-state index in [9.17, 15) is 9.59 Å². The van der Waals surface area contributed by atoms with Crippen LogP contribution in [0.5, 0.6) is 0 Å². The summed E-state index contributed by atoms with van der Waals surface area (Å²) >= 11 is 1.39. The van der Waals surface area contributed by atoms with E-state index in [-0.39, 0.29) is 24.7 Å². The van der Waals surface area contributed by atoms with Crippen molar-refractivity contribution in [1.29, 1.82) is 5.26 Å². The number of nitrogens with zero attached hydrogens (tertiary/aromatic N) is 1. The first kappa shape index (κ1) is 18.0. The summed E-state index contributed by atoms with van der Waals surface area (Å²) < 4.78 is 4.82. The fourth-order valence-corrected chi connectivity index (χ4v) is 2.47. The quantitative estimate of drug-likeness (QED) is 0.713. The van der Waals surface area contributed by atoms with E-state index in [0.717, 1.165) is 5.56 Å². The van der Waals surface area contributed by atoms with E-state index in [1.807, 2.05) is 18.2 Å². The number of amides is 1. The number of thioether (sulfide) groups is 1. The van der Waals surface area contributed by atoms with Crippen LogP contribution in [0.25, 0.3) is 0 Å². The molecule has 0 aliphatic rings. The molecule has 1 aromatic rings. The Morgan fingerprint density at radius 3 is 2.64 bits per heavy atom. The maximum absolute atomic E-state index is 11.7. The summed E-state index contributed by atoms with van der Waals surface area (Å²) in [6.45, 7) is 0.273. The van der Waals surface area contributed by atoms with Crippen LogP contribution >= 0.6 is 11.8 Å². The van der Waals surface area contributed by atoms with Crippen molar-refractivity contribution < 1.29 is 19.4 Å². The van der Waals surface area contributed by atoms with Crippen molar-refractivity contribution in [1.82, 2.24) is 5.32 Å². The number of benzene rings is 1. The largest absolute Gasteiger partial charge is 0.480 e. The van der Waals surface area contributed by atoms with Gasteiger partial charge in [0.05, 0.1) is 17.4 Å². The summed E-state index contributed by atoms with van der Waals surface area (Å²) in [4.78, 5) is 22.7. The standard InChI is InChI=1S/C15H18N2O4S/c1-21-7-6-13(15(19)20)17-14(18)10-22-9-12-4-2-11(8-16)3-5-12/h2-5,13H,6-7,9-10H2,1H3,(H,17,18)(H,19,20). The molecule has 1 rings (SSSR count). The van der Waals surface area contributed by atoms with Crippen LogP contribution in [0.3, 0.4) is 0 Å². The zero-order valence-electron chi connectivity index (χ0n) is 12.2. The molecule has 2 N–H and O–H groups in total. The third-order valence-electron chi connectivity index (χ3n) is 2.83. The summed E-state index contributed by atoms with van der Waals surface area (Å²) in [5, 5.41) is 20.2. The number of carbonyl (C=O) groups is 2. The highest BCUT2D eigenvalue weighted by atomic mass is 32.2. The van der Waals surface area contributed by atoms with Crippen LogP contribution in [0, 0.1) is 11.3 Å². The number of ether oxygens (including phenoxy) is 1. The fraction of sp³-hybridized carbons (Fsp3) is 0.400. The molecular formula is C15H18N2O4S. The Labute approximate surface area is 133 Å². The molecule has 0 aliphatic heterocycles. The second-order valence-corrected chi connectivity index (χ2v) is 5.53. The lowest BCUT2D eigenvalue weighted by Crippen LogP contribution is -2.42. The molecule has 1 atom stereocenters. The third-order valence-corrected chi connectivity index (χ3v) is 3.83. The first-order valence-electron chi connectivity index (χ1n) is 6.64. The minimum absolute atomic E-state index is 0.177. The summed E-state index contributed by atoms with van der Waals surface area (Å²) in [5.74, 6) is -0.587. The molecule has 0 heterocycles.